The van der Waals surface area contributed by atoms with E-state index in [0.717, 1.165) is 0 Å². The third-order valence-corrected chi connectivity index (χ3v) is 7.60. The number of hydrogen-bond acceptors (Lipinski definition) is 7. The minimum absolute atomic E-state index is 0.146. The molecule has 0 aliphatic carbocycles. The summed E-state index contributed by atoms with van der Waals surface area (Å²) in [6.45, 7) is 1.68. The van der Waals surface area contributed by atoms with Gasteiger partial charge in [0.25, 0.3) is 5.91 Å². The number of carbonyl (C=O) groups excluding carboxylic acids is 3. The third kappa shape index (κ3) is 9.00. The Balaban J connectivity index is 1.98. The number of hydroxylamine groups is 1. The molecule has 0 saturated carbocycles. The molecule has 3 N–H and O–H groups in total. The van der Waals surface area contributed by atoms with Gasteiger partial charge in [0.2, 0.25) is 0 Å². The number of nitrogens with one attached hydrogen (secondary N) is 2. The molecule has 0 spiro atoms. The molecule has 9 nitrogen and oxygen atoms in total. The zero-order chi connectivity index (χ0) is 33.7. The van der Waals surface area contributed by atoms with Crippen molar-refractivity contribution < 1.29 is 47.0 Å². The van der Waals surface area contributed by atoms with Gasteiger partial charge in [-0.05, 0) is 72.4 Å². The fourth-order valence-electron chi connectivity index (χ4n) is 5.25. The largest absolute Gasteiger partial charge is 0.497 e. The topological polar surface area (TPSA) is 123 Å². The second kappa shape index (κ2) is 16.6. The maximum absolute atomic E-state index is 12.7. The summed E-state index contributed by atoms with van der Waals surface area (Å²) in [7, 11) is 3.08. The van der Waals surface area contributed by atoms with Crippen LogP contribution in [0.1, 0.15) is 72.5 Å². The van der Waals surface area contributed by atoms with Crippen molar-refractivity contribution in [3.63, 3.8) is 0 Å². The molecule has 3 rings (SSSR count). The molecule has 0 bridgehead atoms. The van der Waals surface area contributed by atoms with E-state index in [1.54, 1.807) is 62.8 Å². The van der Waals surface area contributed by atoms with Crippen molar-refractivity contribution in [1.29, 1.82) is 0 Å². The van der Waals surface area contributed by atoms with Crippen molar-refractivity contribution in [2.45, 2.75) is 63.1 Å². The summed E-state index contributed by atoms with van der Waals surface area (Å²) >= 11 is 0. The lowest BCUT2D eigenvalue weighted by atomic mass is 9.64. The molecule has 3 aromatic carbocycles. The van der Waals surface area contributed by atoms with Crippen LogP contribution in [0, 0.1) is 0 Å². The number of carbonyl (C=O) groups is 3. The van der Waals surface area contributed by atoms with Crippen LogP contribution in [0.3, 0.4) is 0 Å². The van der Waals surface area contributed by atoms with Crippen LogP contribution in [-0.4, -0.2) is 55.9 Å². The summed E-state index contributed by atoms with van der Waals surface area (Å²) in [5.41, 5.74) is 3.20. The Bertz CT molecular complexity index is 1380. The lowest BCUT2D eigenvalue weighted by Gasteiger charge is -2.40. The van der Waals surface area contributed by atoms with Crippen molar-refractivity contribution >= 4 is 17.8 Å². The van der Waals surface area contributed by atoms with Gasteiger partial charge in [0.15, 0.2) is 0 Å². The number of hydrogen-bond donors (Lipinski definition) is 3. The number of benzene rings is 3. The minimum atomic E-state index is -4.94. The summed E-state index contributed by atoms with van der Waals surface area (Å²) in [6, 6.07) is 20.9. The lowest BCUT2D eigenvalue weighted by molar-refractivity contribution is -0.173. The number of alkyl halides is 3. The Morgan fingerprint density at radius 3 is 1.74 bits per heavy atom. The number of unbranched alkanes of at least 4 members (excludes halogenated alkanes) is 2. The van der Waals surface area contributed by atoms with Crippen molar-refractivity contribution in [1.82, 2.24) is 10.8 Å². The van der Waals surface area contributed by atoms with Crippen LogP contribution in [0.5, 0.6) is 11.5 Å². The Labute approximate surface area is 266 Å². The molecule has 0 radical (unpaired) electrons. The van der Waals surface area contributed by atoms with Crippen LogP contribution >= 0.6 is 0 Å². The van der Waals surface area contributed by atoms with Crippen molar-refractivity contribution in [2.75, 3.05) is 20.8 Å². The van der Waals surface area contributed by atoms with E-state index >= 15 is 0 Å². The number of aliphatic hydroxyl groups excluding tert-OH is 1. The summed E-state index contributed by atoms with van der Waals surface area (Å²) in [5.74, 6) is -1.96. The first-order valence-corrected chi connectivity index (χ1v) is 14.9. The van der Waals surface area contributed by atoms with E-state index in [4.69, 9.17) is 14.3 Å². The van der Waals surface area contributed by atoms with Gasteiger partial charge in [-0.3, -0.25) is 9.59 Å². The SMILES string of the molecule is CCCC(=O)NOC(=O)c1ccc(C(c2ccc(OC)cc2)(c2ccc(OC)cc2)C(O)CCCCCNC(=O)C(F)(F)F)cc1. The van der Waals surface area contributed by atoms with Gasteiger partial charge in [-0.2, -0.15) is 18.7 Å². The Hall–Kier alpha value is -4.58. The molecular formula is C34H39F3N2O7. The van der Waals surface area contributed by atoms with E-state index in [0.29, 0.717) is 47.5 Å². The first-order valence-electron chi connectivity index (χ1n) is 14.9. The molecule has 248 valence electrons. The summed E-state index contributed by atoms with van der Waals surface area (Å²) in [5, 5.41) is 13.9. The molecule has 12 heteroatoms. The Kier molecular flexibility index (Phi) is 13.0. The summed E-state index contributed by atoms with van der Waals surface area (Å²) in [4.78, 5) is 40.5. The molecule has 1 unspecified atom stereocenters. The maximum atomic E-state index is 12.7. The van der Waals surface area contributed by atoms with Crippen molar-refractivity contribution in [2.24, 2.45) is 0 Å². The van der Waals surface area contributed by atoms with Gasteiger partial charge in [-0.25, -0.2) is 4.79 Å². The first kappa shape index (κ1) is 35.9. The molecule has 2 amide bonds. The highest BCUT2D eigenvalue weighted by molar-refractivity contribution is 5.90. The van der Waals surface area contributed by atoms with Crippen LogP contribution in [0.25, 0.3) is 0 Å². The smallest absolute Gasteiger partial charge is 0.471 e. The molecule has 0 aliphatic rings. The van der Waals surface area contributed by atoms with E-state index in [2.05, 4.69) is 5.48 Å². The lowest BCUT2D eigenvalue weighted by Crippen LogP contribution is -2.42. The monoisotopic (exact) mass is 644 g/mol. The standard InChI is InChI=1S/C34H39F3N2O7/c1-4-8-30(41)39-46-31(42)23-10-12-24(13-11-23)33(25-14-18-27(44-2)19-15-25,26-16-20-28(45-3)21-17-26)29(40)9-6-5-7-22-38-32(43)34(35,36)37/h10-21,29,40H,4-9,22H2,1-3H3,(H,38,43)(H,39,41). The van der Waals surface area contributed by atoms with Crippen molar-refractivity contribution in [3.8, 4) is 11.5 Å². The highest BCUT2D eigenvalue weighted by Crippen LogP contribution is 2.45. The van der Waals surface area contributed by atoms with E-state index in [9.17, 15) is 32.7 Å². The fraction of sp³-hybridized carbons (Fsp3) is 0.382. The first-order chi connectivity index (χ1) is 22.0. The Morgan fingerprint density at radius 1 is 0.783 bits per heavy atom. The zero-order valence-electron chi connectivity index (χ0n) is 26.0. The molecule has 0 aliphatic heterocycles. The molecule has 0 saturated heterocycles. The van der Waals surface area contributed by atoms with E-state index in [-0.39, 0.29) is 31.4 Å². The molecule has 0 aromatic heterocycles. The second-order valence-electron chi connectivity index (χ2n) is 10.6. The van der Waals surface area contributed by atoms with E-state index in [1.165, 1.54) is 0 Å². The average molecular weight is 645 g/mol. The van der Waals surface area contributed by atoms with Gasteiger partial charge in [0, 0.05) is 13.0 Å². The fourth-order valence-corrected chi connectivity index (χ4v) is 5.25. The van der Waals surface area contributed by atoms with Crippen LogP contribution in [0.2, 0.25) is 0 Å². The summed E-state index contributed by atoms with van der Waals surface area (Å²) in [6.07, 6.45) is -3.76. The number of halogens is 3. The molecule has 0 heterocycles. The van der Waals surface area contributed by atoms with Crippen LogP contribution < -0.4 is 20.3 Å². The van der Waals surface area contributed by atoms with Gasteiger partial charge >= 0.3 is 18.1 Å². The molecular weight excluding hydrogens is 605 g/mol. The normalized spacial score (nSPS) is 12.2. The van der Waals surface area contributed by atoms with Crippen LogP contribution in [0.15, 0.2) is 72.8 Å². The number of aliphatic hydroxyl groups is 1. The number of rotatable bonds is 15. The van der Waals surface area contributed by atoms with E-state index in [1.807, 2.05) is 36.5 Å². The van der Waals surface area contributed by atoms with Gasteiger partial charge in [0.1, 0.15) is 11.5 Å². The highest BCUT2D eigenvalue weighted by atomic mass is 19.4. The van der Waals surface area contributed by atoms with Crippen LogP contribution in [0.4, 0.5) is 13.2 Å². The Morgan fingerprint density at radius 2 is 1.28 bits per heavy atom. The average Bonchev–Trinajstić information content (AvgIpc) is 3.06. The number of ether oxygens (including phenoxy) is 2. The highest BCUT2D eigenvalue weighted by Gasteiger charge is 2.43. The molecule has 0 fully saturated rings. The molecule has 3 aromatic rings. The van der Waals surface area contributed by atoms with Crippen molar-refractivity contribution in [3.05, 3.63) is 95.1 Å². The minimum Gasteiger partial charge on any atom is -0.497 e. The second-order valence-corrected chi connectivity index (χ2v) is 10.6. The van der Waals surface area contributed by atoms with Gasteiger partial charge in [-0.15, -0.1) is 0 Å². The molecule has 1 atom stereocenters. The maximum Gasteiger partial charge on any atom is 0.471 e. The molecule has 46 heavy (non-hydrogen) atoms. The quantitative estimate of drug-likeness (QED) is 0.111. The number of amides is 2. The van der Waals surface area contributed by atoms with E-state index < -0.39 is 35.5 Å². The predicted molar refractivity (Wildman–Crippen MR) is 164 cm³/mol. The van der Waals surface area contributed by atoms with Gasteiger partial charge in [0.05, 0.1) is 31.3 Å². The third-order valence-electron chi connectivity index (χ3n) is 7.60. The predicted octanol–water partition coefficient (Wildman–Crippen LogP) is 5.63. The van der Waals surface area contributed by atoms with Gasteiger partial charge < -0.3 is 24.7 Å². The van der Waals surface area contributed by atoms with Gasteiger partial charge in [-0.1, -0.05) is 56.2 Å². The number of methoxy groups -OCH3 is 2. The zero-order valence-corrected chi connectivity index (χ0v) is 26.0. The van der Waals surface area contributed by atoms with Crippen LogP contribution in [-0.2, 0) is 19.8 Å². The summed E-state index contributed by atoms with van der Waals surface area (Å²) < 4.78 is 48.2.